The summed E-state index contributed by atoms with van der Waals surface area (Å²) in [7, 11) is 0. The Morgan fingerprint density at radius 1 is 1.06 bits per heavy atom. The second kappa shape index (κ2) is 9.43. The molecule has 0 bridgehead atoms. The smallest absolute Gasteiger partial charge is 0.408 e. The zero-order valence-corrected chi connectivity index (χ0v) is 19.0. The average molecular weight is 426 g/mol. The topological polar surface area (TPSA) is 61.9 Å². The number of rotatable bonds is 4. The average Bonchev–Trinajstić information content (AvgIpc) is 3.05. The van der Waals surface area contributed by atoms with Crippen molar-refractivity contribution < 1.29 is 14.3 Å². The molecule has 1 saturated heterocycles. The third-order valence-electron chi connectivity index (χ3n) is 7.18. The number of benzene rings is 1. The van der Waals surface area contributed by atoms with Crippen LogP contribution in [-0.2, 0) is 9.53 Å². The minimum atomic E-state index is -0.658. The van der Waals surface area contributed by atoms with E-state index in [1.807, 2.05) is 29.2 Å². The van der Waals surface area contributed by atoms with Gasteiger partial charge in [-0.2, -0.15) is 0 Å². The third kappa shape index (κ3) is 4.49. The number of alkyl carbamates (subject to hydrolysis) is 1. The molecule has 1 atom stereocenters. The van der Waals surface area contributed by atoms with Gasteiger partial charge in [0.2, 0.25) is 0 Å². The van der Waals surface area contributed by atoms with Crippen LogP contribution in [0.25, 0.3) is 0 Å². The number of piperidine rings is 1. The fourth-order valence-electron chi connectivity index (χ4n) is 5.47. The van der Waals surface area contributed by atoms with Gasteiger partial charge in [-0.3, -0.25) is 4.79 Å². The van der Waals surface area contributed by atoms with E-state index in [1.54, 1.807) is 12.5 Å². The van der Waals surface area contributed by atoms with Gasteiger partial charge < -0.3 is 19.9 Å². The molecular weight excluding hydrogens is 390 g/mol. The lowest BCUT2D eigenvalue weighted by atomic mass is 9.86. The van der Waals surface area contributed by atoms with E-state index in [-0.39, 0.29) is 18.6 Å². The van der Waals surface area contributed by atoms with Crippen LogP contribution in [0.3, 0.4) is 0 Å². The standard InChI is InChI=1S/C25H35N3O3/c1-4-31-25(30)26-23-21-7-5-6-8-22(21)28(24(23)29)20-13-15-27(16-14-20)19-11-9-18(10-12-19)17(2)3/h5-8,19-20,23H,4,9-16H2,1-3H3,(H,26,30). The predicted octanol–water partition coefficient (Wildman–Crippen LogP) is 4.56. The summed E-state index contributed by atoms with van der Waals surface area (Å²) in [5.41, 5.74) is 4.93. The fourth-order valence-corrected chi connectivity index (χ4v) is 5.47. The number of amides is 2. The molecule has 6 nitrogen and oxygen atoms in total. The fraction of sp³-hybridized carbons (Fsp3) is 0.600. The van der Waals surface area contributed by atoms with Crippen molar-refractivity contribution in [3.8, 4) is 0 Å². The van der Waals surface area contributed by atoms with E-state index in [4.69, 9.17) is 4.74 Å². The number of nitrogens with zero attached hydrogens (tertiary/aromatic N) is 2. The van der Waals surface area contributed by atoms with Crippen LogP contribution in [0.1, 0.15) is 70.9 Å². The van der Waals surface area contributed by atoms with Crippen molar-refractivity contribution in [2.75, 3.05) is 24.6 Å². The van der Waals surface area contributed by atoms with Gasteiger partial charge in [0, 0.05) is 36.4 Å². The van der Waals surface area contributed by atoms with Crippen LogP contribution < -0.4 is 10.2 Å². The van der Waals surface area contributed by atoms with Crippen LogP contribution in [0.2, 0.25) is 0 Å². The van der Waals surface area contributed by atoms with E-state index in [0.29, 0.717) is 6.04 Å². The monoisotopic (exact) mass is 425 g/mol. The number of allylic oxidation sites excluding steroid dienone is 2. The van der Waals surface area contributed by atoms with E-state index in [1.165, 1.54) is 31.3 Å². The molecule has 0 radical (unpaired) electrons. The predicted molar refractivity (Wildman–Crippen MR) is 122 cm³/mol. The summed E-state index contributed by atoms with van der Waals surface area (Å²) < 4.78 is 5.02. The minimum Gasteiger partial charge on any atom is -0.450 e. The van der Waals surface area contributed by atoms with Crippen LogP contribution in [0, 0.1) is 0 Å². The molecule has 4 rings (SSSR count). The Balaban J connectivity index is 1.41. The van der Waals surface area contributed by atoms with E-state index in [9.17, 15) is 9.59 Å². The van der Waals surface area contributed by atoms with E-state index < -0.39 is 12.1 Å². The lowest BCUT2D eigenvalue weighted by Gasteiger charge is -2.42. The highest BCUT2D eigenvalue weighted by Gasteiger charge is 2.42. The summed E-state index contributed by atoms with van der Waals surface area (Å²) in [6.45, 7) is 8.57. The third-order valence-corrected chi connectivity index (χ3v) is 7.18. The first-order valence-electron chi connectivity index (χ1n) is 11.7. The van der Waals surface area contributed by atoms with Gasteiger partial charge in [0.15, 0.2) is 0 Å². The first-order valence-corrected chi connectivity index (χ1v) is 11.7. The largest absolute Gasteiger partial charge is 0.450 e. The molecule has 2 aliphatic heterocycles. The minimum absolute atomic E-state index is 0.0430. The Morgan fingerprint density at radius 3 is 2.39 bits per heavy atom. The SMILES string of the molecule is CCOC(=O)NC1C(=O)N(C2CCN(C3CCC(=C(C)C)CC3)CC2)c2ccccc21. The van der Waals surface area contributed by atoms with Crippen molar-refractivity contribution >= 4 is 17.7 Å². The molecular formula is C25H35N3O3. The number of fused-ring (bicyclic) bond motifs is 1. The maximum absolute atomic E-state index is 13.3. The van der Waals surface area contributed by atoms with Gasteiger partial charge in [0.1, 0.15) is 6.04 Å². The molecule has 1 saturated carbocycles. The summed E-state index contributed by atoms with van der Waals surface area (Å²) in [5, 5.41) is 2.76. The van der Waals surface area contributed by atoms with Crippen LogP contribution >= 0.6 is 0 Å². The van der Waals surface area contributed by atoms with Gasteiger partial charge in [-0.15, -0.1) is 0 Å². The summed E-state index contributed by atoms with van der Waals surface area (Å²) in [5.74, 6) is -0.0430. The summed E-state index contributed by atoms with van der Waals surface area (Å²) in [6, 6.07) is 8.00. The molecule has 2 heterocycles. The lowest BCUT2D eigenvalue weighted by Crippen LogP contribution is -2.50. The molecule has 1 aliphatic carbocycles. The second-order valence-corrected chi connectivity index (χ2v) is 9.17. The molecule has 1 aromatic rings. The highest BCUT2D eigenvalue weighted by molar-refractivity contribution is 6.06. The molecule has 0 aromatic heterocycles. The Morgan fingerprint density at radius 2 is 1.74 bits per heavy atom. The number of likely N-dealkylation sites (tertiary alicyclic amines) is 1. The summed E-state index contributed by atoms with van der Waals surface area (Å²) in [4.78, 5) is 29.9. The number of nitrogens with one attached hydrogen (secondary N) is 1. The number of para-hydroxylation sites is 1. The first kappa shape index (κ1) is 21.9. The number of hydrogen-bond acceptors (Lipinski definition) is 4. The molecule has 2 fully saturated rings. The highest BCUT2D eigenvalue weighted by atomic mass is 16.5. The van der Waals surface area contributed by atoms with Crippen molar-refractivity contribution in [1.82, 2.24) is 10.2 Å². The summed E-state index contributed by atoms with van der Waals surface area (Å²) >= 11 is 0. The van der Waals surface area contributed by atoms with Crippen LogP contribution in [-0.4, -0.2) is 48.7 Å². The van der Waals surface area contributed by atoms with E-state index >= 15 is 0 Å². The van der Waals surface area contributed by atoms with Gasteiger partial charge in [-0.05, 0) is 65.4 Å². The van der Waals surface area contributed by atoms with Crippen molar-refractivity contribution in [2.24, 2.45) is 0 Å². The molecule has 1 aromatic carbocycles. The maximum atomic E-state index is 13.3. The van der Waals surface area contributed by atoms with Crippen LogP contribution in [0.15, 0.2) is 35.4 Å². The number of hydrogen-bond donors (Lipinski definition) is 1. The molecule has 1 unspecified atom stereocenters. The Hall–Kier alpha value is -2.34. The Kier molecular flexibility index (Phi) is 6.65. The number of ether oxygens (including phenoxy) is 1. The van der Waals surface area contributed by atoms with Gasteiger partial charge in [-0.1, -0.05) is 29.3 Å². The number of carbonyl (C=O) groups is 2. The molecule has 3 aliphatic rings. The molecule has 168 valence electrons. The highest BCUT2D eigenvalue weighted by Crippen LogP contribution is 2.39. The first-order chi connectivity index (χ1) is 15.0. The van der Waals surface area contributed by atoms with Gasteiger partial charge in [-0.25, -0.2) is 4.79 Å². The zero-order valence-electron chi connectivity index (χ0n) is 19.0. The van der Waals surface area contributed by atoms with Gasteiger partial charge >= 0.3 is 6.09 Å². The molecule has 31 heavy (non-hydrogen) atoms. The van der Waals surface area contributed by atoms with Crippen LogP contribution in [0.5, 0.6) is 0 Å². The second-order valence-electron chi connectivity index (χ2n) is 9.17. The van der Waals surface area contributed by atoms with Gasteiger partial charge in [0.25, 0.3) is 5.91 Å². The molecule has 0 spiro atoms. The lowest BCUT2D eigenvalue weighted by molar-refractivity contribution is -0.120. The van der Waals surface area contributed by atoms with E-state index in [2.05, 4.69) is 24.1 Å². The molecule has 2 amide bonds. The Labute approximate surface area is 185 Å². The zero-order chi connectivity index (χ0) is 22.0. The number of anilines is 1. The van der Waals surface area contributed by atoms with Crippen molar-refractivity contribution in [1.29, 1.82) is 0 Å². The summed E-state index contributed by atoms with van der Waals surface area (Å²) in [6.07, 6.45) is 6.36. The Bertz CT molecular complexity index is 843. The number of carbonyl (C=O) groups excluding carboxylic acids is 2. The van der Waals surface area contributed by atoms with Crippen LogP contribution in [0.4, 0.5) is 10.5 Å². The normalized spacial score (nSPS) is 24.8. The maximum Gasteiger partial charge on any atom is 0.408 e. The van der Waals surface area contributed by atoms with Crippen molar-refractivity contribution in [2.45, 2.75) is 77.4 Å². The van der Waals surface area contributed by atoms with Gasteiger partial charge in [0.05, 0.1) is 6.61 Å². The molecule has 1 N–H and O–H groups in total. The van der Waals surface area contributed by atoms with Crippen molar-refractivity contribution in [3.63, 3.8) is 0 Å². The quantitative estimate of drug-likeness (QED) is 0.718. The van der Waals surface area contributed by atoms with E-state index in [0.717, 1.165) is 37.2 Å². The van der Waals surface area contributed by atoms with Crippen molar-refractivity contribution in [3.05, 3.63) is 41.0 Å². The molecule has 6 heteroatoms.